The zero-order chi connectivity index (χ0) is 14.8. The maximum atomic E-state index is 12.5. The first-order valence-electron chi connectivity index (χ1n) is 5.95. The Morgan fingerprint density at radius 1 is 1.30 bits per heavy atom. The van der Waals surface area contributed by atoms with Crippen LogP contribution in [0.3, 0.4) is 0 Å². The molecule has 0 spiro atoms. The van der Waals surface area contributed by atoms with Gasteiger partial charge in [0.05, 0.1) is 10.7 Å². The average Bonchev–Trinajstić information content (AvgIpc) is 2.88. The first-order valence-corrected chi connectivity index (χ1v) is 8.65. The molecule has 108 valence electrons. The van der Waals surface area contributed by atoms with Crippen LogP contribution in [0.5, 0.6) is 0 Å². The summed E-state index contributed by atoms with van der Waals surface area (Å²) in [7, 11) is -2.14. The van der Waals surface area contributed by atoms with Crippen molar-refractivity contribution in [2.24, 2.45) is 0 Å². The molecule has 0 amide bonds. The van der Waals surface area contributed by atoms with Crippen LogP contribution >= 0.6 is 22.9 Å². The molecule has 0 saturated carbocycles. The number of nitrogens with zero attached hydrogens (tertiary/aromatic N) is 1. The minimum atomic E-state index is -3.67. The topological polar surface area (TPSA) is 63.4 Å². The Kier molecular flexibility index (Phi) is 4.70. The van der Waals surface area contributed by atoms with E-state index >= 15 is 0 Å². The van der Waals surface area contributed by atoms with E-state index in [-0.39, 0.29) is 15.6 Å². The number of halogens is 1. The molecular formula is C13H15ClN2O2S2. The minimum Gasteiger partial charge on any atom is -0.398 e. The lowest BCUT2D eigenvalue weighted by atomic mass is 10.3. The van der Waals surface area contributed by atoms with E-state index in [1.165, 1.54) is 23.5 Å². The molecule has 1 heterocycles. The van der Waals surface area contributed by atoms with Crippen molar-refractivity contribution >= 4 is 38.6 Å². The van der Waals surface area contributed by atoms with E-state index in [2.05, 4.69) is 0 Å². The van der Waals surface area contributed by atoms with Gasteiger partial charge in [0.25, 0.3) is 0 Å². The number of anilines is 1. The zero-order valence-electron chi connectivity index (χ0n) is 10.9. The van der Waals surface area contributed by atoms with E-state index in [1.54, 1.807) is 17.4 Å². The zero-order valence-corrected chi connectivity index (χ0v) is 13.3. The van der Waals surface area contributed by atoms with Gasteiger partial charge < -0.3 is 5.73 Å². The molecule has 2 N–H and O–H groups in total. The predicted octanol–water partition coefficient (Wildman–Crippen LogP) is 2.85. The van der Waals surface area contributed by atoms with Gasteiger partial charge in [0, 0.05) is 18.5 Å². The quantitative estimate of drug-likeness (QED) is 0.857. The van der Waals surface area contributed by atoms with Crippen LogP contribution in [0.2, 0.25) is 5.02 Å². The largest absolute Gasteiger partial charge is 0.398 e. The average molecular weight is 331 g/mol. The number of nitrogen functional groups attached to an aromatic ring is 1. The molecule has 0 aliphatic heterocycles. The Hall–Kier alpha value is -1.08. The van der Waals surface area contributed by atoms with Crippen molar-refractivity contribution in [2.75, 3.05) is 19.3 Å². The first-order chi connectivity index (χ1) is 9.43. The number of likely N-dealkylation sites (N-methyl/N-ethyl adjacent to an activating group) is 1. The number of benzene rings is 1. The van der Waals surface area contributed by atoms with Crippen LogP contribution < -0.4 is 5.73 Å². The maximum Gasteiger partial charge on any atom is 0.246 e. The molecule has 2 aromatic rings. The summed E-state index contributed by atoms with van der Waals surface area (Å²) >= 11 is 7.58. The van der Waals surface area contributed by atoms with Crippen LogP contribution in [-0.2, 0) is 16.4 Å². The van der Waals surface area contributed by atoms with Gasteiger partial charge in [-0.3, -0.25) is 0 Å². The third-order valence-electron chi connectivity index (χ3n) is 2.92. The highest BCUT2D eigenvalue weighted by Crippen LogP contribution is 2.29. The summed E-state index contributed by atoms with van der Waals surface area (Å²) < 4.78 is 26.3. The Balaban J connectivity index is 2.21. The van der Waals surface area contributed by atoms with E-state index in [1.807, 2.05) is 17.5 Å². The van der Waals surface area contributed by atoms with Crippen LogP contribution in [0, 0.1) is 0 Å². The molecule has 0 unspecified atom stereocenters. The van der Waals surface area contributed by atoms with E-state index < -0.39 is 10.0 Å². The molecular weight excluding hydrogens is 316 g/mol. The van der Waals surface area contributed by atoms with Crippen molar-refractivity contribution in [2.45, 2.75) is 11.3 Å². The summed E-state index contributed by atoms with van der Waals surface area (Å²) in [5, 5.41) is 2.11. The van der Waals surface area contributed by atoms with E-state index in [0.717, 1.165) is 4.88 Å². The Labute approximate surface area is 127 Å². The first kappa shape index (κ1) is 15.3. The molecule has 1 aromatic carbocycles. The third-order valence-corrected chi connectivity index (χ3v) is 6.26. The highest BCUT2D eigenvalue weighted by Gasteiger charge is 2.25. The number of hydrogen-bond acceptors (Lipinski definition) is 4. The fourth-order valence-corrected chi connectivity index (χ4v) is 4.29. The molecule has 7 heteroatoms. The van der Waals surface area contributed by atoms with Gasteiger partial charge in [0.15, 0.2) is 0 Å². The number of sulfonamides is 1. The van der Waals surface area contributed by atoms with Crippen molar-refractivity contribution in [3.8, 4) is 0 Å². The molecule has 0 radical (unpaired) electrons. The van der Waals surface area contributed by atoms with Gasteiger partial charge in [-0.15, -0.1) is 11.3 Å². The second-order valence-electron chi connectivity index (χ2n) is 4.31. The molecule has 0 aliphatic rings. The highest BCUT2D eigenvalue weighted by atomic mass is 35.5. The van der Waals surface area contributed by atoms with Gasteiger partial charge in [-0.2, -0.15) is 0 Å². The van der Waals surface area contributed by atoms with Crippen molar-refractivity contribution in [1.29, 1.82) is 0 Å². The lowest BCUT2D eigenvalue weighted by Gasteiger charge is -2.18. The van der Waals surface area contributed by atoms with Crippen molar-refractivity contribution in [1.82, 2.24) is 4.31 Å². The molecule has 2 rings (SSSR count). The lowest BCUT2D eigenvalue weighted by molar-refractivity contribution is 0.474. The van der Waals surface area contributed by atoms with Crippen LogP contribution in [0.4, 0.5) is 5.69 Å². The van der Waals surface area contributed by atoms with E-state index in [4.69, 9.17) is 17.3 Å². The smallest absolute Gasteiger partial charge is 0.246 e. The molecule has 0 fully saturated rings. The van der Waals surface area contributed by atoms with Crippen LogP contribution in [-0.4, -0.2) is 26.3 Å². The summed E-state index contributed by atoms with van der Waals surface area (Å²) in [5.41, 5.74) is 5.91. The van der Waals surface area contributed by atoms with E-state index in [0.29, 0.717) is 13.0 Å². The summed E-state index contributed by atoms with van der Waals surface area (Å²) in [5.74, 6) is 0. The van der Waals surface area contributed by atoms with Crippen LogP contribution in [0.1, 0.15) is 4.88 Å². The summed E-state index contributed by atoms with van der Waals surface area (Å²) in [4.78, 5) is 1.12. The second kappa shape index (κ2) is 6.13. The summed E-state index contributed by atoms with van der Waals surface area (Å²) in [6.45, 7) is 0.382. The Bertz CT molecular complexity index is 664. The van der Waals surface area contributed by atoms with E-state index in [9.17, 15) is 8.42 Å². The van der Waals surface area contributed by atoms with Crippen molar-refractivity contribution in [3.63, 3.8) is 0 Å². The molecule has 20 heavy (non-hydrogen) atoms. The minimum absolute atomic E-state index is 0.0182. The van der Waals surface area contributed by atoms with Gasteiger partial charge in [-0.1, -0.05) is 23.7 Å². The van der Waals surface area contributed by atoms with Gasteiger partial charge in [-0.05, 0) is 30.0 Å². The summed E-state index contributed by atoms with van der Waals surface area (Å²) in [6, 6.07) is 8.61. The highest BCUT2D eigenvalue weighted by molar-refractivity contribution is 7.89. The molecule has 0 aliphatic carbocycles. The van der Waals surface area contributed by atoms with Crippen molar-refractivity contribution < 1.29 is 8.42 Å². The third kappa shape index (κ3) is 3.15. The number of nitrogens with two attached hydrogens (primary N) is 1. The number of rotatable bonds is 5. The SMILES string of the molecule is CN(CCc1cccs1)S(=O)(=O)c1c(N)cccc1Cl. The lowest BCUT2D eigenvalue weighted by Crippen LogP contribution is -2.29. The molecule has 1 aromatic heterocycles. The second-order valence-corrected chi connectivity index (χ2v) is 7.74. The van der Waals surface area contributed by atoms with Gasteiger partial charge in [-0.25, -0.2) is 12.7 Å². The fourth-order valence-electron chi connectivity index (χ4n) is 1.80. The molecule has 0 bridgehead atoms. The predicted molar refractivity (Wildman–Crippen MR) is 83.7 cm³/mol. The molecule has 4 nitrogen and oxygen atoms in total. The Morgan fingerprint density at radius 3 is 2.65 bits per heavy atom. The number of thiophene rings is 1. The van der Waals surface area contributed by atoms with Crippen molar-refractivity contribution in [3.05, 3.63) is 45.6 Å². The van der Waals surface area contributed by atoms with Crippen LogP contribution in [0.15, 0.2) is 40.6 Å². The fraction of sp³-hybridized carbons (Fsp3) is 0.231. The van der Waals surface area contributed by atoms with Gasteiger partial charge in [0.2, 0.25) is 10.0 Å². The van der Waals surface area contributed by atoms with Gasteiger partial charge in [0.1, 0.15) is 4.90 Å². The monoisotopic (exact) mass is 330 g/mol. The standard InChI is InChI=1S/C13H15ClN2O2S2/c1-16(8-7-10-4-3-9-19-10)20(17,18)13-11(14)5-2-6-12(13)15/h2-6,9H,7-8,15H2,1H3. The Morgan fingerprint density at radius 2 is 2.05 bits per heavy atom. The maximum absolute atomic E-state index is 12.5. The van der Waals surface area contributed by atoms with Crippen LogP contribution in [0.25, 0.3) is 0 Å². The molecule has 0 saturated heterocycles. The normalized spacial score (nSPS) is 11.9. The number of hydrogen-bond donors (Lipinski definition) is 1. The van der Waals surface area contributed by atoms with Gasteiger partial charge >= 0.3 is 0 Å². The molecule has 0 atom stereocenters. The summed E-state index contributed by atoms with van der Waals surface area (Å²) in [6.07, 6.45) is 0.664.